The van der Waals surface area contributed by atoms with E-state index in [1.807, 2.05) is 12.1 Å². The number of nitrogens with one attached hydrogen (secondary N) is 1. The Kier molecular flexibility index (Phi) is 4.70. The van der Waals surface area contributed by atoms with Crippen LogP contribution in [-0.4, -0.2) is 25.2 Å². The maximum absolute atomic E-state index is 5.75. The summed E-state index contributed by atoms with van der Waals surface area (Å²) in [7, 11) is 1.70. The molecule has 1 rings (SSSR count). The monoisotopic (exact) mass is 214 g/mol. The highest BCUT2D eigenvalue weighted by Crippen LogP contribution is 2.09. The average molecular weight is 215 g/mol. The van der Waals surface area contributed by atoms with Crippen molar-refractivity contribution in [3.8, 4) is 0 Å². The van der Waals surface area contributed by atoms with Crippen LogP contribution in [0.15, 0.2) is 18.2 Å². The van der Waals surface area contributed by atoms with Crippen LogP contribution in [0.5, 0.6) is 0 Å². The van der Waals surface area contributed by atoms with E-state index in [9.17, 15) is 0 Å². The molecule has 1 aromatic rings. The summed E-state index contributed by atoms with van der Waals surface area (Å²) < 4.78 is 5.03. The quantitative estimate of drug-likeness (QED) is 0.765. The number of hydrogen-bond donors (Lipinski definition) is 1. The molecule has 0 bridgehead atoms. The first-order chi connectivity index (χ1) is 6.72. The third-order valence-corrected chi connectivity index (χ3v) is 2.01. The number of methoxy groups -OCH3 is 1. The van der Waals surface area contributed by atoms with Crippen LogP contribution < -0.4 is 5.32 Å². The van der Waals surface area contributed by atoms with Crippen molar-refractivity contribution < 1.29 is 4.74 Å². The number of aromatic nitrogens is 1. The summed E-state index contributed by atoms with van der Waals surface area (Å²) in [5, 5.41) is 3.70. The molecule has 0 aliphatic rings. The Morgan fingerprint density at radius 1 is 1.57 bits per heavy atom. The molecule has 0 aliphatic carbocycles. The summed E-state index contributed by atoms with van der Waals surface area (Å²) in [4.78, 5) is 4.12. The van der Waals surface area contributed by atoms with Crippen LogP contribution in [0.25, 0.3) is 0 Å². The average Bonchev–Trinajstić information content (AvgIpc) is 2.15. The summed E-state index contributed by atoms with van der Waals surface area (Å²) in [5.74, 6) is 1.27. The minimum atomic E-state index is 0.459. The summed E-state index contributed by atoms with van der Waals surface area (Å²) in [6.45, 7) is 3.69. The SMILES string of the molecule is COCC(C)CNc1cccc(Cl)n1. The van der Waals surface area contributed by atoms with Crippen molar-refractivity contribution in [3.63, 3.8) is 0 Å². The molecule has 3 nitrogen and oxygen atoms in total. The summed E-state index contributed by atoms with van der Waals surface area (Å²) in [5.41, 5.74) is 0. The standard InChI is InChI=1S/C10H15ClN2O/c1-8(7-14-2)6-12-10-5-3-4-9(11)13-10/h3-5,8H,6-7H2,1-2H3,(H,12,13). The zero-order valence-corrected chi connectivity index (χ0v) is 9.21. The van der Waals surface area contributed by atoms with Gasteiger partial charge in [0.15, 0.2) is 0 Å². The van der Waals surface area contributed by atoms with E-state index in [0.29, 0.717) is 11.1 Å². The predicted molar refractivity (Wildman–Crippen MR) is 58.8 cm³/mol. The second-order valence-electron chi connectivity index (χ2n) is 3.29. The molecular weight excluding hydrogens is 200 g/mol. The Labute approximate surface area is 89.4 Å². The highest BCUT2D eigenvalue weighted by atomic mass is 35.5. The highest BCUT2D eigenvalue weighted by Gasteiger charge is 2.01. The fraction of sp³-hybridized carbons (Fsp3) is 0.500. The van der Waals surface area contributed by atoms with Crippen molar-refractivity contribution in [1.82, 2.24) is 4.98 Å². The fourth-order valence-corrected chi connectivity index (χ4v) is 1.29. The Hall–Kier alpha value is -0.800. The third kappa shape index (κ3) is 3.94. The first-order valence-electron chi connectivity index (χ1n) is 4.57. The van der Waals surface area contributed by atoms with Gasteiger partial charge in [-0.25, -0.2) is 4.98 Å². The van der Waals surface area contributed by atoms with Gasteiger partial charge in [0.2, 0.25) is 0 Å². The number of ether oxygens (including phenoxy) is 1. The predicted octanol–water partition coefficient (Wildman–Crippen LogP) is 2.43. The van der Waals surface area contributed by atoms with E-state index >= 15 is 0 Å². The highest BCUT2D eigenvalue weighted by molar-refractivity contribution is 6.29. The summed E-state index contributed by atoms with van der Waals surface area (Å²) in [6.07, 6.45) is 0. The van der Waals surface area contributed by atoms with Crippen molar-refractivity contribution in [3.05, 3.63) is 23.4 Å². The molecule has 0 amide bonds. The molecule has 14 heavy (non-hydrogen) atoms. The smallest absolute Gasteiger partial charge is 0.131 e. The largest absolute Gasteiger partial charge is 0.384 e. The Morgan fingerprint density at radius 3 is 3.00 bits per heavy atom. The first kappa shape index (κ1) is 11.3. The van der Waals surface area contributed by atoms with E-state index in [1.165, 1.54) is 0 Å². The van der Waals surface area contributed by atoms with Crippen molar-refractivity contribution in [2.45, 2.75) is 6.92 Å². The zero-order chi connectivity index (χ0) is 10.4. The fourth-order valence-electron chi connectivity index (χ4n) is 1.13. The lowest BCUT2D eigenvalue weighted by molar-refractivity contribution is 0.164. The topological polar surface area (TPSA) is 34.1 Å². The van der Waals surface area contributed by atoms with Crippen LogP contribution in [0.3, 0.4) is 0 Å². The van der Waals surface area contributed by atoms with E-state index in [1.54, 1.807) is 13.2 Å². The van der Waals surface area contributed by atoms with Gasteiger partial charge in [0.1, 0.15) is 11.0 Å². The number of anilines is 1. The molecule has 0 fully saturated rings. The van der Waals surface area contributed by atoms with Gasteiger partial charge in [-0.3, -0.25) is 0 Å². The number of halogens is 1. The molecular formula is C10H15ClN2O. The normalized spacial score (nSPS) is 12.5. The molecule has 0 aliphatic heterocycles. The van der Waals surface area contributed by atoms with E-state index < -0.39 is 0 Å². The molecule has 1 aromatic heterocycles. The molecule has 78 valence electrons. The van der Waals surface area contributed by atoms with Gasteiger partial charge in [0.05, 0.1) is 6.61 Å². The summed E-state index contributed by atoms with van der Waals surface area (Å²) in [6, 6.07) is 5.52. The van der Waals surface area contributed by atoms with E-state index in [4.69, 9.17) is 16.3 Å². The van der Waals surface area contributed by atoms with Gasteiger partial charge >= 0.3 is 0 Å². The van der Waals surface area contributed by atoms with E-state index in [2.05, 4.69) is 17.2 Å². The molecule has 0 saturated carbocycles. The maximum Gasteiger partial charge on any atom is 0.131 e. The molecule has 0 radical (unpaired) electrons. The molecule has 1 unspecified atom stereocenters. The van der Waals surface area contributed by atoms with Gasteiger partial charge in [-0.15, -0.1) is 0 Å². The van der Waals surface area contributed by atoms with Gasteiger partial charge in [-0.2, -0.15) is 0 Å². The van der Waals surface area contributed by atoms with Crippen LogP contribution in [0.1, 0.15) is 6.92 Å². The molecule has 0 aromatic carbocycles. The van der Waals surface area contributed by atoms with Gasteiger partial charge in [-0.05, 0) is 18.1 Å². The van der Waals surface area contributed by atoms with Crippen molar-refractivity contribution in [2.24, 2.45) is 5.92 Å². The minimum absolute atomic E-state index is 0.459. The number of hydrogen-bond acceptors (Lipinski definition) is 3. The van der Waals surface area contributed by atoms with Gasteiger partial charge in [0.25, 0.3) is 0 Å². The van der Waals surface area contributed by atoms with Gasteiger partial charge in [0, 0.05) is 13.7 Å². The maximum atomic E-state index is 5.75. The lowest BCUT2D eigenvalue weighted by Crippen LogP contribution is -2.16. The van der Waals surface area contributed by atoms with Crippen molar-refractivity contribution in [1.29, 1.82) is 0 Å². The molecule has 1 heterocycles. The van der Waals surface area contributed by atoms with Crippen LogP contribution >= 0.6 is 11.6 Å². The van der Waals surface area contributed by atoms with Gasteiger partial charge in [-0.1, -0.05) is 24.6 Å². The first-order valence-corrected chi connectivity index (χ1v) is 4.95. The van der Waals surface area contributed by atoms with Gasteiger partial charge < -0.3 is 10.1 Å². The molecule has 0 saturated heterocycles. The third-order valence-electron chi connectivity index (χ3n) is 1.80. The molecule has 1 atom stereocenters. The Bertz CT molecular complexity index is 281. The Balaban J connectivity index is 2.37. The minimum Gasteiger partial charge on any atom is -0.384 e. The van der Waals surface area contributed by atoms with Crippen molar-refractivity contribution in [2.75, 3.05) is 25.6 Å². The number of pyridine rings is 1. The second kappa shape index (κ2) is 5.83. The Morgan fingerprint density at radius 2 is 2.36 bits per heavy atom. The molecule has 1 N–H and O–H groups in total. The van der Waals surface area contributed by atoms with Crippen LogP contribution in [0.2, 0.25) is 5.15 Å². The van der Waals surface area contributed by atoms with E-state index in [-0.39, 0.29) is 0 Å². The van der Waals surface area contributed by atoms with Crippen molar-refractivity contribution >= 4 is 17.4 Å². The number of nitrogens with zero attached hydrogens (tertiary/aromatic N) is 1. The zero-order valence-electron chi connectivity index (χ0n) is 8.46. The van der Waals surface area contributed by atoms with Crippen LogP contribution in [-0.2, 0) is 4.74 Å². The number of rotatable bonds is 5. The second-order valence-corrected chi connectivity index (χ2v) is 3.67. The lowest BCUT2D eigenvalue weighted by atomic mass is 10.2. The lowest BCUT2D eigenvalue weighted by Gasteiger charge is -2.11. The van der Waals surface area contributed by atoms with Crippen LogP contribution in [0.4, 0.5) is 5.82 Å². The molecule has 4 heteroatoms. The van der Waals surface area contributed by atoms with E-state index in [0.717, 1.165) is 19.0 Å². The summed E-state index contributed by atoms with van der Waals surface area (Å²) >= 11 is 5.75. The van der Waals surface area contributed by atoms with Crippen LogP contribution in [0, 0.1) is 5.92 Å². The molecule has 0 spiro atoms.